The van der Waals surface area contributed by atoms with Gasteiger partial charge in [-0.2, -0.15) is 16.9 Å². The molecule has 5 nitrogen and oxygen atoms in total. The molecule has 0 radical (unpaired) electrons. The van der Waals surface area contributed by atoms with Gasteiger partial charge in [-0.25, -0.2) is 8.42 Å². The molecule has 0 spiro atoms. The normalized spacial score (nSPS) is 25.0. The van der Waals surface area contributed by atoms with Crippen LogP contribution < -0.4 is 5.32 Å². The number of carbonyl (C=O) groups excluding carboxylic acids is 1. The molecule has 0 bridgehead atoms. The Hall–Kier alpha value is -0.270. The van der Waals surface area contributed by atoms with Gasteiger partial charge in [0.15, 0.2) is 0 Å². The van der Waals surface area contributed by atoms with Crippen molar-refractivity contribution in [3.8, 4) is 0 Å². The van der Waals surface area contributed by atoms with Crippen LogP contribution in [0, 0.1) is 0 Å². The summed E-state index contributed by atoms with van der Waals surface area (Å²) in [5, 5.41) is 2.46. The van der Waals surface area contributed by atoms with Crippen LogP contribution in [0.3, 0.4) is 0 Å². The maximum absolute atomic E-state index is 12.2. The Balaban J connectivity index is 2.98. The van der Waals surface area contributed by atoms with E-state index in [1.807, 2.05) is 0 Å². The van der Waals surface area contributed by atoms with Crippen LogP contribution in [0.1, 0.15) is 20.8 Å². The number of rotatable bonds is 1. The highest BCUT2D eigenvalue weighted by Gasteiger charge is 2.38. The summed E-state index contributed by atoms with van der Waals surface area (Å²) in [6.45, 7) is 5.42. The molecule has 1 aliphatic heterocycles. The van der Waals surface area contributed by atoms with Crippen LogP contribution in [0.5, 0.6) is 0 Å². The third-order valence-electron chi connectivity index (χ3n) is 2.38. The molecule has 0 aromatic carbocycles. The number of thiol groups is 1. The van der Waals surface area contributed by atoms with Gasteiger partial charge in [-0.3, -0.25) is 4.79 Å². The van der Waals surface area contributed by atoms with Crippen molar-refractivity contribution >= 4 is 28.6 Å². The summed E-state index contributed by atoms with van der Waals surface area (Å²) in [4.78, 5) is 11.4. The lowest BCUT2D eigenvalue weighted by molar-refractivity contribution is -0.120. The van der Waals surface area contributed by atoms with Gasteiger partial charge < -0.3 is 5.32 Å². The zero-order valence-corrected chi connectivity index (χ0v) is 11.4. The quantitative estimate of drug-likeness (QED) is 0.648. The predicted octanol–water partition coefficient (Wildman–Crippen LogP) is -0.155. The fourth-order valence-electron chi connectivity index (χ4n) is 1.38. The maximum Gasteiger partial charge on any atom is 0.235 e. The Morgan fingerprint density at radius 1 is 1.44 bits per heavy atom. The van der Waals surface area contributed by atoms with E-state index in [2.05, 4.69) is 17.9 Å². The standard InChI is InChI=1S/C9H18N2O3S2/c1-9(2,3)16(13,14)11-5-7(15)4-10-8(12)6-11/h7,15H,4-6H2,1-3H3,(H,10,12). The van der Waals surface area contributed by atoms with Crippen LogP contribution in [-0.4, -0.2) is 48.3 Å². The first-order valence-corrected chi connectivity index (χ1v) is 7.04. The van der Waals surface area contributed by atoms with E-state index >= 15 is 0 Å². The molecule has 1 saturated heterocycles. The number of sulfonamides is 1. The van der Waals surface area contributed by atoms with Gasteiger partial charge in [-0.1, -0.05) is 0 Å². The zero-order valence-electron chi connectivity index (χ0n) is 9.73. The van der Waals surface area contributed by atoms with Crippen LogP contribution in [0.15, 0.2) is 0 Å². The molecule has 0 saturated carbocycles. The molecular formula is C9H18N2O3S2. The van der Waals surface area contributed by atoms with E-state index in [1.54, 1.807) is 20.8 Å². The average Bonchev–Trinajstić information content (AvgIpc) is 2.27. The summed E-state index contributed by atoms with van der Waals surface area (Å²) >= 11 is 4.24. The van der Waals surface area contributed by atoms with Crippen LogP contribution >= 0.6 is 12.6 Å². The molecule has 1 heterocycles. The van der Waals surface area contributed by atoms with E-state index in [0.717, 1.165) is 0 Å². The Kier molecular flexibility index (Phi) is 3.91. The van der Waals surface area contributed by atoms with Gasteiger partial charge in [0.25, 0.3) is 0 Å². The molecule has 1 rings (SSSR count). The highest BCUT2D eigenvalue weighted by Crippen LogP contribution is 2.21. The van der Waals surface area contributed by atoms with Crippen LogP contribution in [-0.2, 0) is 14.8 Å². The van der Waals surface area contributed by atoms with E-state index in [4.69, 9.17) is 0 Å². The molecule has 94 valence electrons. The lowest BCUT2D eigenvalue weighted by Crippen LogP contribution is -2.46. The fraction of sp³-hybridized carbons (Fsp3) is 0.889. The zero-order chi connectivity index (χ0) is 12.6. The van der Waals surface area contributed by atoms with Crippen molar-refractivity contribution in [3.63, 3.8) is 0 Å². The Bertz CT molecular complexity index is 373. The summed E-state index contributed by atoms with van der Waals surface area (Å²) in [5.74, 6) is -0.274. The van der Waals surface area contributed by atoms with E-state index in [0.29, 0.717) is 6.54 Å². The van der Waals surface area contributed by atoms with Crippen molar-refractivity contribution in [2.45, 2.75) is 30.8 Å². The lowest BCUT2D eigenvalue weighted by Gasteiger charge is -2.28. The van der Waals surface area contributed by atoms with Crippen LogP contribution in [0.2, 0.25) is 0 Å². The molecule has 1 atom stereocenters. The minimum atomic E-state index is -3.47. The van der Waals surface area contributed by atoms with Crippen LogP contribution in [0.25, 0.3) is 0 Å². The van der Waals surface area contributed by atoms with E-state index in [9.17, 15) is 13.2 Å². The molecule has 1 amide bonds. The van der Waals surface area contributed by atoms with Gasteiger partial charge >= 0.3 is 0 Å². The maximum atomic E-state index is 12.2. The number of carbonyl (C=O) groups is 1. The molecule has 16 heavy (non-hydrogen) atoms. The first kappa shape index (κ1) is 13.8. The summed E-state index contributed by atoms with van der Waals surface area (Å²) in [6.07, 6.45) is 0. The van der Waals surface area contributed by atoms with E-state index in [-0.39, 0.29) is 24.2 Å². The Labute approximate surface area is 102 Å². The minimum absolute atomic E-state index is 0.114. The average molecular weight is 266 g/mol. The van der Waals surface area contributed by atoms with Crippen molar-refractivity contribution in [2.24, 2.45) is 0 Å². The van der Waals surface area contributed by atoms with E-state index in [1.165, 1.54) is 4.31 Å². The van der Waals surface area contributed by atoms with Crippen molar-refractivity contribution in [2.75, 3.05) is 19.6 Å². The second kappa shape index (κ2) is 4.54. The molecule has 1 aliphatic rings. The lowest BCUT2D eigenvalue weighted by atomic mass is 10.3. The number of hydrogen-bond acceptors (Lipinski definition) is 4. The number of hydrogen-bond donors (Lipinski definition) is 2. The molecule has 1 fully saturated rings. The second-order valence-corrected chi connectivity index (χ2v) is 8.29. The monoisotopic (exact) mass is 266 g/mol. The van der Waals surface area contributed by atoms with Gasteiger partial charge in [0.1, 0.15) is 0 Å². The van der Waals surface area contributed by atoms with E-state index < -0.39 is 14.8 Å². The minimum Gasteiger partial charge on any atom is -0.354 e. The molecule has 1 unspecified atom stereocenters. The molecule has 7 heteroatoms. The molecule has 1 N–H and O–H groups in total. The summed E-state index contributed by atoms with van der Waals surface area (Å²) in [6, 6.07) is 0. The fourth-order valence-corrected chi connectivity index (χ4v) is 3.22. The van der Waals surface area contributed by atoms with Crippen LogP contribution in [0.4, 0.5) is 0 Å². The highest BCUT2D eigenvalue weighted by atomic mass is 32.2. The SMILES string of the molecule is CC(C)(C)S(=O)(=O)N1CC(=O)NCC(S)C1. The van der Waals surface area contributed by atoms with Crippen molar-refractivity contribution in [1.82, 2.24) is 9.62 Å². The third kappa shape index (κ3) is 2.89. The van der Waals surface area contributed by atoms with Crippen molar-refractivity contribution < 1.29 is 13.2 Å². The summed E-state index contributed by atoms with van der Waals surface area (Å²) in [5.41, 5.74) is 0. The van der Waals surface area contributed by atoms with Gasteiger partial charge in [0.05, 0.1) is 11.3 Å². The largest absolute Gasteiger partial charge is 0.354 e. The molecular weight excluding hydrogens is 248 g/mol. The smallest absolute Gasteiger partial charge is 0.235 e. The van der Waals surface area contributed by atoms with Gasteiger partial charge in [-0.15, -0.1) is 0 Å². The number of nitrogens with zero attached hydrogens (tertiary/aromatic N) is 1. The van der Waals surface area contributed by atoms with Crippen molar-refractivity contribution in [3.05, 3.63) is 0 Å². The van der Waals surface area contributed by atoms with Gasteiger partial charge in [-0.05, 0) is 20.8 Å². The van der Waals surface area contributed by atoms with Gasteiger partial charge in [0, 0.05) is 18.3 Å². The topological polar surface area (TPSA) is 66.5 Å². The Morgan fingerprint density at radius 2 is 2.00 bits per heavy atom. The second-order valence-electron chi connectivity index (χ2n) is 4.87. The predicted molar refractivity (Wildman–Crippen MR) is 66.0 cm³/mol. The number of amides is 1. The molecule has 0 aromatic rings. The Morgan fingerprint density at radius 3 is 2.50 bits per heavy atom. The number of nitrogens with one attached hydrogen (secondary N) is 1. The first-order chi connectivity index (χ1) is 7.14. The molecule has 0 aromatic heterocycles. The first-order valence-electron chi connectivity index (χ1n) is 5.09. The molecule has 0 aliphatic carbocycles. The summed E-state index contributed by atoms with van der Waals surface area (Å²) in [7, 11) is -3.47. The van der Waals surface area contributed by atoms with Crippen molar-refractivity contribution in [1.29, 1.82) is 0 Å². The highest BCUT2D eigenvalue weighted by molar-refractivity contribution is 7.90. The van der Waals surface area contributed by atoms with Gasteiger partial charge in [0.2, 0.25) is 15.9 Å². The third-order valence-corrected chi connectivity index (χ3v) is 5.23. The summed E-state index contributed by atoms with van der Waals surface area (Å²) < 4.78 is 24.6.